The summed E-state index contributed by atoms with van der Waals surface area (Å²) in [6.07, 6.45) is 0.154. The predicted molar refractivity (Wildman–Crippen MR) is 107 cm³/mol. The first-order chi connectivity index (χ1) is 13.5. The van der Waals surface area contributed by atoms with Gasteiger partial charge in [-0.05, 0) is 23.8 Å². The average Bonchev–Trinajstić information content (AvgIpc) is 2.66. The van der Waals surface area contributed by atoms with Crippen molar-refractivity contribution in [2.45, 2.75) is 18.9 Å². The summed E-state index contributed by atoms with van der Waals surface area (Å²) in [5.41, 5.74) is 7.33. The van der Waals surface area contributed by atoms with Crippen molar-refractivity contribution in [3.8, 4) is 5.75 Å². The Morgan fingerprint density at radius 3 is 2.64 bits per heavy atom. The molecule has 7 nitrogen and oxygen atoms in total. The highest BCUT2D eigenvalue weighted by Crippen LogP contribution is 2.34. The molecule has 3 aromatic rings. The van der Waals surface area contributed by atoms with E-state index in [1.54, 1.807) is 12.1 Å². The third kappa shape index (κ3) is 3.57. The molecule has 1 atom stereocenters. The maximum Gasteiger partial charge on any atom is 0.258 e. The third-order valence-electron chi connectivity index (χ3n) is 4.60. The molecule has 0 saturated heterocycles. The molecule has 4 rings (SSSR count). The molecule has 4 N–H and O–H groups in total. The van der Waals surface area contributed by atoms with Gasteiger partial charge in [0, 0.05) is 22.9 Å². The minimum Gasteiger partial charge on any atom is -0.489 e. The smallest absolute Gasteiger partial charge is 0.258 e. The standard InChI is InChI=1S/C20H17ClN4O3/c21-15-4-2-1-3-12(15)10-28-13-7-5-11(6-8-13)14-9-16(26)23-18-17(14)19(27)25-20(22)24-18/h1-8,14H,9-10H2,(H4,22,23,24,25,26,27). The zero-order valence-electron chi connectivity index (χ0n) is 14.7. The van der Waals surface area contributed by atoms with Gasteiger partial charge in [0.2, 0.25) is 11.9 Å². The van der Waals surface area contributed by atoms with E-state index >= 15 is 0 Å². The van der Waals surface area contributed by atoms with Crippen molar-refractivity contribution >= 4 is 29.3 Å². The lowest BCUT2D eigenvalue weighted by Gasteiger charge is -2.24. The van der Waals surface area contributed by atoms with Crippen LogP contribution in [0.15, 0.2) is 53.3 Å². The lowest BCUT2D eigenvalue weighted by atomic mass is 9.87. The number of hydrogen-bond donors (Lipinski definition) is 3. The average molecular weight is 397 g/mol. The Hall–Kier alpha value is -3.32. The molecule has 1 aliphatic heterocycles. The number of nitrogens with one attached hydrogen (secondary N) is 2. The van der Waals surface area contributed by atoms with E-state index in [0.717, 1.165) is 11.1 Å². The van der Waals surface area contributed by atoms with E-state index in [0.29, 0.717) is 22.9 Å². The number of nitrogen functional groups attached to an aromatic ring is 1. The maximum atomic E-state index is 12.4. The van der Waals surface area contributed by atoms with Crippen molar-refractivity contribution in [2.75, 3.05) is 11.1 Å². The van der Waals surface area contributed by atoms with Crippen LogP contribution < -0.4 is 21.3 Å². The summed E-state index contributed by atoms with van der Waals surface area (Å²) >= 11 is 6.14. The van der Waals surface area contributed by atoms with Gasteiger partial charge < -0.3 is 15.8 Å². The monoisotopic (exact) mass is 396 g/mol. The molecule has 1 amide bonds. The van der Waals surface area contributed by atoms with Crippen molar-refractivity contribution in [1.82, 2.24) is 9.97 Å². The second-order valence-electron chi connectivity index (χ2n) is 6.47. The van der Waals surface area contributed by atoms with Gasteiger partial charge in [0.05, 0.1) is 5.56 Å². The number of benzene rings is 2. The van der Waals surface area contributed by atoms with Crippen molar-refractivity contribution in [2.24, 2.45) is 0 Å². The van der Waals surface area contributed by atoms with Gasteiger partial charge in [0.25, 0.3) is 5.56 Å². The van der Waals surface area contributed by atoms with Gasteiger partial charge >= 0.3 is 0 Å². The molecule has 0 saturated carbocycles. The van der Waals surface area contributed by atoms with Crippen molar-refractivity contribution in [1.29, 1.82) is 0 Å². The first kappa shape index (κ1) is 18.1. The lowest BCUT2D eigenvalue weighted by Crippen LogP contribution is -2.31. The molecule has 28 heavy (non-hydrogen) atoms. The van der Waals surface area contributed by atoms with E-state index in [1.807, 2.05) is 36.4 Å². The fourth-order valence-corrected chi connectivity index (χ4v) is 3.44. The number of nitrogens with two attached hydrogens (primary N) is 1. The van der Waals surface area contributed by atoms with Gasteiger partial charge in [0.15, 0.2) is 0 Å². The SMILES string of the molecule is Nc1nc2c(c(=O)[nH]1)C(c1ccc(OCc3ccccc3Cl)cc1)CC(=O)N2. The number of carbonyl (C=O) groups excluding carboxylic acids is 1. The highest BCUT2D eigenvalue weighted by Gasteiger charge is 2.30. The molecule has 0 aliphatic carbocycles. The molecule has 1 unspecified atom stereocenters. The zero-order valence-corrected chi connectivity index (χ0v) is 15.5. The lowest BCUT2D eigenvalue weighted by molar-refractivity contribution is -0.116. The highest BCUT2D eigenvalue weighted by molar-refractivity contribution is 6.31. The largest absolute Gasteiger partial charge is 0.489 e. The Morgan fingerprint density at radius 2 is 1.89 bits per heavy atom. The van der Waals surface area contributed by atoms with E-state index in [1.165, 1.54) is 0 Å². The molecule has 0 radical (unpaired) electrons. The number of fused-ring (bicyclic) bond motifs is 1. The topological polar surface area (TPSA) is 110 Å². The van der Waals surface area contributed by atoms with Crippen LogP contribution in [-0.4, -0.2) is 15.9 Å². The molecule has 142 valence electrons. The molecule has 1 aliphatic rings. The van der Waals surface area contributed by atoms with Crippen LogP contribution >= 0.6 is 11.6 Å². The molecule has 1 aromatic heterocycles. The molecule has 2 aromatic carbocycles. The van der Waals surface area contributed by atoms with E-state index in [4.69, 9.17) is 22.1 Å². The van der Waals surface area contributed by atoms with Crippen molar-refractivity contribution in [3.63, 3.8) is 0 Å². The summed E-state index contributed by atoms with van der Waals surface area (Å²) in [6, 6.07) is 14.8. The minimum atomic E-state index is -0.404. The Labute approximate surface area is 165 Å². The minimum absolute atomic E-state index is 0.0342. The van der Waals surface area contributed by atoms with E-state index in [9.17, 15) is 9.59 Å². The quantitative estimate of drug-likeness (QED) is 0.627. The summed E-state index contributed by atoms with van der Waals surface area (Å²) in [5.74, 6) is 0.218. The van der Waals surface area contributed by atoms with Gasteiger partial charge in [-0.25, -0.2) is 0 Å². The van der Waals surface area contributed by atoms with Crippen LogP contribution in [0.25, 0.3) is 0 Å². The number of H-pyrrole nitrogens is 1. The Balaban J connectivity index is 1.57. The normalized spacial score (nSPS) is 15.6. The third-order valence-corrected chi connectivity index (χ3v) is 4.97. The van der Waals surface area contributed by atoms with Gasteiger partial charge in [-0.2, -0.15) is 4.98 Å². The Kier molecular flexibility index (Phi) is 4.75. The number of carbonyl (C=O) groups is 1. The van der Waals surface area contributed by atoms with E-state index in [-0.39, 0.29) is 29.7 Å². The first-order valence-electron chi connectivity index (χ1n) is 8.67. The summed E-state index contributed by atoms with van der Waals surface area (Å²) < 4.78 is 5.78. The van der Waals surface area contributed by atoms with E-state index in [2.05, 4.69) is 15.3 Å². The van der Waals surface area contributed by atoms with Gasteiger partial charge in [-0.3, -0.25) is 14.6 Å². The number of amides is 1. The number of rotatable bonds is 4. The van der Waals surface area contributed by atoms with Gasteiger partial charge in [-0.15, -0.1) is 0 Å². The molecule has 8 heteroatoms. The summed E-state index contributed by atoms with van der Waals surface area (Å²) in [7, 11) is 0. The first-order valence-corrected chi connectivity index (χ1v) is 9.05. The van der Waals surface area contributed by atoms with Crippen LogP contribution in [0.5, 0.6) is 5.75 Å². The van der Waals surface area contributed by atoms with Crippen LogP contribution in [0.2, 0.25) is 5.02 Å². The van der Waals surface area contributed by atoms with Crippen LogP contribution in [0.4, 0.5) is 11.8 Å². The summed E-state index contributed by atoms with van der Waals surface area (Å²) in [4.78, 5) is 31.0. The number of ether oxygens (including phenoxy) is 1. The van der Waals surface area contributed by atoms with Crippen LogP contribution in [0.3, 0.4) is 0 Å². The number of aromatic amines is 1. The summed E-state index contributed by atoms with van der Waals surface area (Å²) in [6.45, 7) is 0.344. The highest BCUT2D eigenvalue weighted by atomic mass is 35.5. The molecule has 0 spiro atoms. The van der Waals surface area contributed by atoms with Crippen molar-refractivity contribution in [3.05, 3.63) is 80.6 Å². The molecule has 2 heterocycles. The van der Waals surface area contributed by atoms with Crippen LogP contribution in [0.1, 0.15) is 29.0 Å². The van der Waals surface area contributed by atoms with Gasteiger partial charge in [0.1, 0.15) is 18.2 Å². The number of hydrogen-bond acceptors (Lipinski definition) is 5. The second-order valence-corrected chi connectivity index (χ2v) is 6.87. The number of halogens is 1. The zero-order chi connectivity index (χ0) is 19.7. The predicted octanol–water partition coefficient (Wildman–Crippen LogP) is 3.06. The second kappa shape index (κ2) is 7.36. The van der Waals surface area contributed by atoms with Crippen molar-refractivity contribution < 1.29 is 9.53 Å². The van der Waals surface area contributed by atoms with Crippen LogP contribution in [0, 0.1) is 0 Å². The Morgan fingerprint density at radius 1 is 1.14 bits per heavy atom. The molecular formula is C20H17ClN4O3. The van der Waals surface area contributed by atoms with Gasteiger partial charge in [-0.1, -0.05) is 41.9 Å². The number of anilines is 2. The maximum absolute atomic E-state index is 12.4. The fraction of sp³-hybridized carbons (Fsp3) is 0.150. The summed E-state index contributed by atoms with van der Waals surface area (Å²) in [5, 5.41) is 3.26. The fourth-order valence-electron chi connectivity index (χ4n) is 3.25. The van der Waals surface area contributed by atoms with Crippen LogP contribution in [-0.2, 0) is 11.4 Å². The number of nitrogens with zero attached hydrogens (tertiary/aromatic N) is 1. The number of aromatic nitrogens is 2. The molecule has 0 bridgehead atoms. The molecular weight excluding hydrogens is 380 g/mol. The Bertz CT molecular complexity index is 1100. The van der Waals surface area contributed by atoms with E-state index < -0.39 is 5.92 Å². The molecule has 0 fully saturated rings.